The summed E-state index contributed by atoms with van der Waals surface area (Å²) in [5.74, 6) is -0.549. The Morgan fingerprint density at radius 1 is 1.38 bits per heavy atom. The van der Waals surface area contributed by atoms with Crippen molar-refractivity contribution in [1.82, 2.24) is 4.72 Å². The molecule has 0 fully saturated rings. The van der Waals surface area contributed by atoms with Gasteiger partial charge in [-0.1, -0.05) is 13.8 Å². The minimum absolute atomic E-state index is 0.0387. The summed E-state index contributed by atoms with van der Waals surface area (Å²) in [5, 5.41) is 9.11. The molecule has 2 N–H and O–H groups in total. The average Bonchev–Trinajstić information content (AvgIpc) is 2.40. The van der Waals surface area contributed by atoms with Gasteiger partial charge >= 0.3 is 0 Å². The SMILES string of the molecule is COCC(NS(=O)(=O)c1cc(C)c(F)c(CO)c1)C(C)C. The van der Waals surface area contributed by atoms with Crippen molar-refractivity contribution >= 4 is 10.0 Å². The molecule has 1 rings (SSSR count). The van der Waals surface area contributed by atoms with Crippen LogP contribution in [0.1, 0.15) is 25.0 Å². The molecule has 0 amide bonds. The van der Waals surface area contributed by atoms with E-state index in [1.165, 1.54) is 20.1 Å². The lowest BCUT2D eigenvalue weighted by Gasteiger charge is -2.21. The molecule has 5 nitrogen and oxygen atoms in total. The predicted octanol–water partition coefficient (Wildman–Crippen LogP) is 1.58. The van der Waals surface area contributed by atoms with E-state index < -0.39 is 22.4 Å². The first kappa shape index (κ1) is 18.0. The van der Waals surface area contributed by atoms with Crippen LogP contribution in [0.4, 0.5) is 4.39 Å². The van der Waals surface area contributed by atoms with Crippen LogP contribution in [0.2, 0.25) is 0 Å². The number of aliphatic hydroxyl groups excluding tert-OH is 1. The van der Waals surface area contributed by atoms with Crippen molar-refractivity contribution in [1.29, 1.82) is 0 Å². The van der Waals surface area contributed by atoms with E-state index in [0.717, 1.165) is 6.07 Å². The summed E-state index contributed by atoms with van der Waals surface area (Å²) in [7, 11) is -2.31. The zero-order valence-electron chi connectivity index (χ0n) is 12.7. The van der Waals surface area contributed by atoms with Crippen LogP contribution >= 0.6 is 0 Å². The standard InChI is InChI=1S/C14H22FNO4S/c1-9(2)13(8-20-4)16-21(18,19)12-5-10(3)14(15)11(6-12)7-17/h5-6,9,13,16-17H,7-8H2,1-4H3. The summed E-state index contributed by atoms with van der Waals surface area (Å²) in [6, 6.07) is 2.01. The van der Waals surface area contributed by atoms with Gasteiger partial charge < -0.3 is 9.84 Å². The van der Waals surface area contributed by atoms with E-state index in [2.05, 4.69) is 4.72 Å². The van der Waals surface area contributed by atoms with Crippen molar-refractivity contribution in [2.75, 3.05) is 13.7 Å². The number of benzene rings is 1. The van der Waals surface area contributed by atoms with Gasteiger partial charge in [0.1, 0.15) is 5.82 Å². The van der Waals surface area contributed by atoms with E-state index in [0.29, 0.717) is 0 Å². The molecule has 0 aliphatic heterocycles. The molecule has 1 aromatic rings. The Bertz CT molecular complexity index is 587. The Morgan fingerprint density at radius 3 is 2.48 bits per heavy atom. The second-order valence-electron chi connectivity index (χ2n) is 5.30. The Hall–Kier alpha value is -1.02. The van der Waals surface area contributed by atoms with E-state index >= 15 is 0 Å². The highest BCUT2D eigenvalue weighted by atomic mass is 32.2. The average molecular weight is 319 g/mol. The third kappa shape index (κ3) is 4.47. The van der Waals surface area contributed by atoms with Crippen LogP contribution in [-0.2, 0) is 21.4 Å². The fraction of sp³-hybridized carbons (Fsp3) is 0.571. The van der Waals surface area contributed by atoms with Gasteiger partial charge in [0.25, 0.3) is 0 Å². The molecular weight excluding hydrogens is 297 g/mol. The fourth-order valence-electron chi connectivity index (χ4n) is 1.89. The topological polar surface area (TPSA) is 75.6 Å². The molecule has 0 aliphatic rings. The molecule has 1 aromatic carbocycles. The maximum absolute atomic E-state index is 13.7. The van der Waals surface area contributed by atoms with Gasteiger partial charge in [-0.05, 0) is 30.5 Å². The quantitative estimate of drug-likeness (QED) is 0.800. The van der Waals surface area contributed by atoms with E-state index in [1.54, 1.807) is 0 Å². The molecule has 0 aromatic heterocycles. The molecule has 0 aliphatic carbocycles. The molecule has 0 saturated heterocycles. The van der Waals surface area contributed by atoms with Gasteiger partial charge in [0.2, 0.25) is 10.0 Å². The lowest BCUT2D eigenvalue weighted by atomic mass is 10.1. The first-order chi connectivity index (χ1) is 9.72. The third-order valence-electron chi connectivity index (χ3n) is 3.24. The molecule has 21 heavy (non-hydrogen) atoms. The van der Waals surface area contributed by atoms with Crippen LogP contribution < -0.4 is 4.72 Å². The highest BCUT2D eigenvalue weighted by molar-refractivity contribution is 7.89. The Labute approximate surface area is 125 Å². The number of hydrogen-bond acceptors (Lipinski definition) is 4. The number of nitrogens with one attached hydrogen (secondary N) is 1. The van der Waals surface area contributed by atoms with Crippen molar-refractivity contribution < 1.29 is 22.7 Å². The van der Waals surface area contributed by atoms with Crippen LogP contribution in [0, 0.1) is 18.7 Å². The molecule has 120 valence electrons. The summed E-state index contributed by atoms with van der Waals surface area (Å²) in [5.41, 5.74) is 0.137. The van der Waals surface area contributed by atoms with Gasteiger partial charge in [0.15, 0.2) is 0 Å². The minimum Gasteiger partial charge on any atom is -0.392 e. The molecule has 1 unspecified atom stereocenters. The van der Waals surface area contributed by atoms with Crippen molar-refractivity contribution in [3.05, 3.63) is 29.1 Å². The number of sulfonamides is 1. The van der Waals surface area contributed by atoms with E-state index in [9.17, 15) is 12.8 Å². The summed E-state index contributed by atoms with van der Waals surface area (Å²) < 4.78 is 46.0. The van der Waals surface area contributed by atoms with Crippen LogP contribution in [0.5, 0.6) is 0 Å². The largest absolute Gasteiger partial charge is 0.392 e. The van der Waals surface area contributed by atoms with E-state index in [-0.39, 0.29) is 34.6 Å². The number of methoxy groups -OCH3 is 1. The zero-order chi connectivity index (χ0) is 16.2. The van der Waals surface area contributed by atoms with Gasteiger partial charge in [-0.15, -0.1) is 0 Å². The molecule has 7 heteroatoms. The molecule has 0 heterocycles. The second kappa shape index (κ2) is 7.31. The molecule has 0 saturated carbocycles. The second-order valence-corrected chi connectivity index (χ2v) is 7.01. The first-order valence-corrected chi connectivity index (χ1v) is 8.12. The van der Waals surface area contributed by atoms with Crippen molar-refractivity contribution in [3.8, 4) is 0 Å². The number of rotatable bonds is 7. The van der Waals surface area contributed by atoms with Gasteiger partial charge in [-0.3, -0.25) is 0 Å². The van der Waals surface area contributed by atoms with Crippen molar-refractivity contribution in [2.45, 2.75) is 38.3 Å². The number of halogens is 1. The summed E-state index contributed by atoms with van der Waals surface area (Å²) in [6.45, 7) is 4.90. The van der Waals surface area contributed by atoms with Crippen molar-refractivity contribution in [2.24, 2.45) is 5.92 Å². The van der Waals surface area contributed by atoms with Crippen molar-refractivity contribution in [3.63, 3.8) is 0 Å². The van der Waals surface area contributed by atoms with Gasteiger partial charge in [0, 0.05) is 18.7 Å². The normalized spacial score (nSPS) is 13.7. The van der Waals surface area contributed by atoms with Crippen LogP contribution in [0.25, 0.3) is 0 Å². The fourth-order valence-corrected chi connectivity index (χ4v) is 3.39. The number of aryl methyl sites for hydroxylation is 1. The van der Waals surface area contributed by atoms with E-state index in [1.807, 2.05) is 13.8 Å². The predicted molar refractivity (Wildman–Crippen MR) is 77.9 cm³/mol. The maximum atomic E-state index is 13.7. The lowest BCUT2D eigenvalue weighted by molar-refractivity contribution is 0.157. The van der Waals surface area contributed by atoms with Crippen LogP contribution in [0.3, 0.4) is 0 Å². The Morgan fingerprint density at radius 2 is 2.00 bits per heavy atom. The summed E-state index contributed by atoms with van der Waals surface area (Å²) in [6.07, 6.45) is 0. The van der Waals surface area contributed by atoms with Gasteiger partial charge in [0.05, 0.1) is 18.1 Å². The monoisotopic (exact) mass is 319 g/mol. The highest BCUT2D eigenvalue weighted by Gasteiger charge is 2.24. The summed E-state index contributed by atoms with van der Waals surface area (Å²) in [4.78, 5) is -0.0628. The smallest absolute Gasteiger partial charge is 0.240 e. The Kier molecular flexibility index (Phi) is 6.27. The van der Waals surface area contributed by atoms with Crippen LogP contribution in [0.15, 0.2) is 17.0 Å². The minimum atomic E-state index is -3.81. The van der Waals surface area contributed by atoms with Gasteiger partial charge in [-0.2, -0.15) is 0 Å². The number of aliphatic hydroxyl groups is 1. The lowest BCUT2D eigenvalue weighted by Crippen LogP contribution is -2.41. The maximum Gasteiger partial charge on any atom is 0.240 e. The molecule has 0 radical (unpaired) electrons. The zero-order valence-corrected chi connectivity index (χ0v) is 13.5. The highest BCUT2D eigenvalue weighted by Crippen LogP contribution is 2.20. The van der Waals surface area contributed by atoms with Crippen LogP contribution in [-0.4, -0.2) is 33.3 Å². The molecular formula is C14H22FNO4S. The first-order valence-electron chi connectivity index (χ1n) is 6.64. The van der Waals surface area contributed by atoms with E-state index in [4.69, 9.17) is 9.84 Å². The summed E-state index contributed by atoms with van der Waals surface area (Å²) >= 11 is 0. The number of hydrogen-bond donors (Lipinski definition) is 2. The molecule has 0 bridgehead atoms. The molecule has 0 spiro atoms. The molecule has 1 atom stereocenters. The third-order valence-corrected chi connectivity index (χ3v) is 4.71. The Balaban J connectivity index is 3.16. The van der Waals surface area contributed by atoms with Gasteiger partial charge in [-0.25, -0.2) is 17.5 Å². The number of ether oxygens (including phenoxy) is 1.